The number of ketones is 1. The molecule has 2 heterocycles. The monoisotopic (exact) mass is 503 g/mol. The van der Waals surface area contributed by atoms with Gasteiger partial charge < -0.3 is 19.5 Å². The van der Waals surface area contributed by atoms with Crippen LogP contribution in [0, 0.1) is 18.3 Å². The Labute approximate surface area is 215 Å². The summed E-state index contributed by atoms with van der Waals surface area (Å²) >= 11 is 0. The van der Waals surface area contributed by atoms with Gasteiger partial charge in [-0.1, -0.05) is 6.07 Å². The summed E-state index contributed by atoms with van der Waals surface area (Å²) in [6, 6.07) is 9.46. The lowest BCUT2D eigenvalue weighted by Crippen LogP contribution is -2.33. The molecule has 1 saturated carbocycles. The van der Waals surface area contributed by atoms with Crippen molar-refractivity contribution in [3.8, 4) is 17.2 Å². The smallest absolute Gasteiger partial charge is 0.229 e. The highest BCUT2D eigenvalue weighted by Gasteiger charge is 2.25. The molecule has 192 valence electrons. The number of rotatable bonds is 11. The molecule has 8 heteroatoms. The van der Waals surface area contributed by atoms with Gasteiger partial charge in [0.1, 0.15) is 41.6 Å². The number of nitrogens with zero attached hydrogens (tertiary/aromatic N) is 3. The van der Waals surface area contributed by atoms with E-state index in [-0.39, 0.29) is 30.2 Å². The zero-order chi connectivity index (χ0) is 25.8. The highest BCUT2D eigenvalue weighted by molar-refractivity contribution is 5.91. The maximum absolute atomic E-state index is 14.7. The first-order valence-electron chi connectivity index (χ1n) is 12.8. The van der Waals surface area contributed by atoms with Gasteiger partial charge in [0.2, 0.25) is 5.69 Å². The summed E-state index contributed by atoms with van der Waals surface area (Å²) in [5.74, 6) is 1.11. The molecule has 1 atom stereocenters. The molecule has 0 bridgehead atoms. The van der Waals surface area contributed by atoms with Gasteiger partial charge in [-0.05, 0) is 74.5 Å². The number of aromatic nitrogens is 1. The number of carbonyl (C=O) groups excluding carboxylic acids is 1. The normalized spacial score (nSPS) is 16.5. The van der Waals surface area contributed by atoms with Crippen molar-refractivity contribution in [2.45, 2.75) is 44.6 Å². The number of fused-ring (bicyclic) bond motifs is 1. The van der Waals surface area contributed by atoms with Crippen LogP contribution in [0.2, 0.25) is 0 Å². The van der Waals surface area contributed by atoms with Gasteiger partial charge in [0.05, 0.1) is 12.1 Å². The number of likely N-dealkylation sites (tertiary alicyclic amines) is 1. The van der Waals surface area contributed by atoms with Gasteiger partial charge in [-0.3, -0.25) is 9.78 Å². The second-order valence-corrected chi connectivity index (χ2v) is 9.95. The number of pyridine rings is 1. The Kier molecular flexibility index (Phi) is 7.63. The SMILES string of the molecule is [C-]#[N+]c1cc2c(Oc3ccc(CC(=O)CC4CC4)c(F)c3)ccnc2cc1OC[C@H](O)CN1CCCC1. The molecule has 1 aromatic heterocycles. The summed E-state index contributed by atoms with van der Waals surface area (Å²) in [6.07, 6.45) is 5.99. The number of benzene rings is 2. The Balaban J connectivity index is 1.29. The van der Waals surface area contributed by atoms with Gasteiger partial charge in [-0.15, -0.1) is 0 Å². The minimum absolute atomic E-state index is 0.0588. The van der Waals surface area contributed by atoms with Crippen molar-refractivity contribution in [3.05, 3.63) is 65.4 Å². The topological polar surface area (TPSA) is 76.2 Å². The van der Waals surface area contributed by atoms with Crippen molar-refractivity contribution in [2.75, 3.05) is 26.2 Å². The van der Waals surface area contributed by atoms with Crippen LogP contribution >= 0.6 is 0 Å². The molecule has 1 saturated heterocycles. The summed E-state index contributed by atoms with van der Waals surface area (Å²) in [5, 5.41) is 10.9. The van der Waals surface area contributed by atoms with Crippen LogP contribution in [0.3, 0.4) is 0 Å². The number of carbonyl (C=O) groups is 1. The van der Waals surface area contributed by atoms with Crippen molar-refractivity contribution in [1.29, 1.82) is 0 Å². The molecule has 1 aliphatic heterocycles. The largest absolute Gasteiger partial charge is 0.502 e. The summed E-state index contributed by atoms with van der Waals surface area (Å²) in [4.78, 5) is 22.3. The summed E-state index contributed by atoms with van der Waals surface area (Å²) in [6.45, 7) is 10.2. The van der Waals surface area contributed by atoms with Crippen LogP contribution in [0.15, 0.2) is 42.6 Å². The van der Waals surface area contributed by atoms with Gasteiger partial charge in [-0.2, -0.15) is 0 Å². The van der Waals surface area contributed by atoms with Gasteiger partial charge in [0, 0.05) is 37.0 Å². The molecule has 37 heavy (non-hydrogen) atoms. The van der Waals surface area contributed by atoms with E-state index < -0.39 is 11.9 Å². The fourth-order valence-corrected chi connectivity index (χ4v) is 4.72. The third kappa shape index (κ3) is 6.43. The predicted molar refractivity (Wildman–Crippen MR) is 138 cm³/mol. The molecule has 5 rings (SSSR count). The molecule has 0 unspecified atom stereocenters. The fourth-order valence-electron chi connectivity index (χ4n) is 4.72. The molecule has 2 aliphatic rings. The summed E-state index contributed by atoms with van der Waals surface area (Å²) in [7, 11) is 0. The Bertz CT molecular complexity index is 1330. The van der Waals surface area contributed by atoms with E-state index in [4.69, 9.17) is 16.0 Å². The maximum Gasteiger partial charge on any atom is 0.229 e. The lowest BCUT2D eigenvalue weighted by atomic mass is 10.0. The number of aliphatic hydroxyl groups is 1. The van der Waals surface area contributed by atoms with Crippen LogP contribution in [0.5, 0.6) is 17.2 Å². The Hall–Kier alpha value is -3.54. The standard InChI is InChI=1S/C29H30FN3O4/c1-31-27-15-24-26(16-29(27)36-18-22(35)17-33-10-2-3-11-33)32-9-8-28(24)37-23-7-6-20(25(30)14-23)13-21(34)12-19-4-5-19/h6-9,14-16,19,22,35H,2-5,10-13,17-18H2/t22-/m1/s1. The minimum Gasteiger partial charge on any atom is -0.502 e. The molecule has 7 nitrogen and oxygen atoms in total. The van der Waals surface area contributed by atoms with Crippen molar-refractivity contribution in [3.63, 3.8) is 0 Å². The molecule has 1 N–H and O–H groups in total. The summed E-state index contributed by atoms with van der Waals surface area (Å²) < 4.78 is 26.5. The number of aliphatic hydroxyl groups excluding tert-OH is 1. The molecule has 3 aromatic rings. The average Bonchev–Trinajstić information content (AvgIpc) is 3.55. The second-order valence-electron chi connectivity index (χ2n) is 9.95. The maximum atomic E-state index is 14.7. The quantitative estimate of drug-likeness (QED) is 0.350. The van der Waals surface area contributed by atoms with E-state index >= 15 is 0 Å². The van der Waals surface area contributed by atoms with E-state index in [2.05, 4.69) is 14.7 Å². The first kappa shape index (κ1) is 25.1. The van der Waals surface area contributed by atoms with E-state index in [0.29, 0.717) is 46.8 Å². The highest BCUT2D eigenvalue weighted by Crippen LogP contribution is 2.38. The van der Waals surface area contributed by atoms with Crippen LogP contribution in [0.4, 0.5) is 10.1 Å². The summed E-state index contributed by atoms with van der Waals surface area (Å²) in [5.41, 5.74) is 1.19. The van der Waals surface area contributed by atoms with Crippen molar-refractivity contribution < 1.29 is 23.8 Å². The van der Waals surface area contributed by atoms with Gasteiger partial charge in [0.25, 0.3) is 0 Å². The lowest BCUT2D eigenvalue weighted by molar-refractivity contribution is -0.118. The van der Waals surface area contributed by atoms with Gasteiger partial charge in [0.15, 0.2) is 0 Å². The highest BCUT2D eigenvalue weighted by atomic mass is 19.1. The Morgan fingerprint density at radius 3 is 2.73 bits per heavy atom. The predicted octanol–water partition coefficient (Wildman–Crippen LogP) is 5.46. The molecule has 1 aliphatic carbocycles. The number of hydrogen-bond acceptors (Lipinski definition) is 6. The molecule has 2 aromatic carbocycles. The van der Waals surface area contributed by atoms with E-state index in [1.807, 2.05) is 0 Å². The number of β-amino-alcohol motifs (C(OH)–C–C–N with tert-alkyl or cyclic N) is 1. The van der Waals surface area contributed by atoms with E-state index in [1.165, 1.54) is 6.07 Å². The minimum atomic E-state index is -0.656. The number of hydrogen-bond donors (Lipinski definition) is 1. The van der Waals surface area contributed by atoms with E-state index in [0.717, 1.165) is 38.8 Å². The molecule has 0 amide bonds. The van der Waals surface area contributed by atoms with Crippen LogP contribution < -0.4 is 9.47 Å². The fraction of sp³-hybridized carbons (Fsp3) is 0.414. The molecule has 0 radical (unpaired) electrons. The van der Waals surface area contributed by atoms with E-state index in [1.54, 1.807) is 36.5 Å². The van der Waals surface area contributed by atoms with Crippen LogP contribution in [0.1, 0.15) is 37.7 Å². The third-order valence-corrected chi connectivity index (χ3v) is 6.85. The Morgan fingerprint density at radius 1 is 1.19 bits per heavy atom. The van der Waals surface area contributed by atoms with Crippen molar-refractivity contribution in [2.24, 2.45) is 5.92 Å². The van der Waals surface area contributed by atoms with E-state index in [9.17, 15) is 14.3 Å². The van der Waals surface area contributed by atoms with Gasteiger partial charge >= 0.3 is 0 Å². The average molecular weight is 504 g/mol. The molecule has 2 fully saturated rings. The Morgan fingerprint density at radius 2 is 2.00 bits per heavy atom. The zero-order valence-electron chi connectivity index (χ0n) is 20.7. The number of halogens is 1. The van der Waals surface area contributed by atoms with Gasteiger partial charge in [-0.25, -0.2) is 9.24 Å². The first-order valence-corrected chi connectivity index (χ1v) is 12.8. The third-order valence-electron chi connectivity index (χ3n) is 6.85. The molecular formula is C29H30FN3O4. The van der Waals surface area contributed by atoms with Crippen LogP contribution in [0.25, 0.3) is 15.7 Å². The van der Waals surface area contributed by atoms with Crippen molar-refractivity contribution in [1.82, 2.24) is 9.88 Å². The number of Topliss-reactive ketones (excluding diaryl/α,β-unsaturated/α-hetero) is 1. The first-order chi connectivity index (χ1) is 18.0. The van der Waals surface area contributed by atoms with Crippen LogP contribution in [-0.4, -0.2) is 53.1 Å². The molecular weight excluding hydrogens is 473 g/mol. The van der Waals surface area contributed by atoms with Crippen LogP contribution in [-0.2, 0) is 11.2 Å². The lowest BCUT2D eigenvalue weighted by Gasteiger charge is -2.20. The molecule has 0 spiro atoms. The number of ether oxygens (including phenoxy) is 2. The second kappa shape index (κ2) is 11.2. The zero-order valence-corrected chi connectivity index (χ0v) is 20.7. The van der Waals surface area contributed by atoms with Crippen molar-refractivity contribution >= 4 is 22.4 Å².